The second-order valence-corrected chi connectivity index (χ2v) is 7.19. The summed E-state index contributed by atoms with van der Waals surface area (Å²) in [7, 11) is 0. The summed E-state index contributed by atoms with van der Waals surface area (Å²) in [6.45, 7) is 0. The Morgan fingerprint density at radius 2 is 1.95 bits per heavy atom. The molecule has 0 aliphatic rings. The van der Waals surface area contributed by atoms with E-state index in [1.807, 2.05) is 40.0 Å². The molecule has 0 fully saturated rings. The van der Waals surface area contributed by atoms with Gasteiger partial charge in [-0.15, -0.1) is 0 Å². The molecule has 0 saturated carbocycles. The molecule has 0 spiro atoms. The fourth-order valence-electron chi connectivity index (χ4n) is 2.41. The molecule has 2 aromatic heterocycles. The molecule has 3 nitrogen and oxygen atoms in total. The summed E-state index contributed by atoms with van der Waals surface area (Å²) in [5, 5.41) is 2.45. The van der Waals surface area contributed by atoms with Crippen LogP contribution in [0, 0.1) is 0 Å². The first-order valence-corrected chi connectivity index (χ1v) is 8.40. The molecule has 21 heavy (non-hydrogen) atoms. The quantitative estimate of drug-likeness (QED) is 0.489. The van der Waals surface area contributed by atoms with Crippen LogP contribution in [0.15, 0.2) is 59.5 Å². The first kappa shape index (κ1) is 12.8. The predicted molar refractivity (Wildman–Crippen MR) is 86.8 cm³/mol. The molecule has 4 rings (SSSR count). The first-order chi connectivity index (χ1) is 10.2. The van der Waals surface area contributed by atoms with Crippen molar-refractivity contribution < 1.29 is 0 Å². The second-order valence-electron chi connectivity index (χ2n) is 4.68. The van der Waals surface area contributed by atoms with Crippen LogP contribution < -0.4 is 5.56 Å². The Balaban J connectivity index is 2.09. The van der Waals surface area contributed by atoms with Crippen molar-refractivity contribution >= 4 is 46.9 Å². The summed E-state index contributed by atoms with van der Waals surface area (Å²) < 4.78 is 2.84. The average Bonchev–Trinajstić information content (AvgIpc) is 2.83. The van der Waals surface area contributed by atoms with Crippen LogP contribution in [0.2, 0.25) is 5.02 Å². The van der Waals surface area contributed by atoms with Gasteiger partial charge in [0.05, 0.1) is 0 Å². The molecule has 0 bridgehead atoms. The van der Waals surface area contributed by atoms with Crippen molar-refractivity contribution in [3.05, 3.63) is 70.1 Å². The van der Waals surface area contributed by atoms with Gasteiger partial charge in [-0.3, -0.25) is 0 Å². The number of rotatable bonds is 1. The second kappa shape index (κ2) is 4.85. The van der Waals surface area contributed by atoms with Gasteiger partial charge in [-0.25, -0.2) is 0 Å². The summed E-state index contributed by atoms with van der Waals surface area (Å²) in [5.74, 6) is 0. The van der Waals surface area contributed by atoms with Crippen molar-refractivity contribution in [2.45, 2.75) is 0 Å². The van der Waals surface area contributed by atoms with Gasteiger partial charge < -0.3 is 0 Å². The van der Waals surface area contributed by atoms with E-state index in [1.165, 1.54) is 0 Å². The van der Waals surface area contributed by atoms with Crippen molar-refractivity contribution in [2.75, 3.05) is 0 Å². The summed E-state index contributed by atoms with van der Waals surface area (Å²) in [6.07, 6.45) is 1.75. The van der Waals surface area contributed by atoms with Crippen LogP contribution in [0.5, 0.6) is 0 Å². The molecule has 0 radical (unpaired) electrons. The monoisotopic (exact) mass is 360 g/mol. The number of benzene rings is 2. The maximum atomic E-state index is 12.6. The zero-order chi connectivity index (χ0) is 14.4. The number of nitrogens with zero attached hydrogens (tertiary/aromatic N) is 2. The standard InChI is InChI=1S/C16H9ClN2OSe/c17-11-6-7-12-14(9-11)21-19(16(12)20)13-5-1-3-10-4-2-8-18-15(10)13/h1-9H. The van der Waals surface area contributed by atoms with E-state index in [-0.39, 0.29) is 20.3 Å². The number of hydrogen-bond acceptors (Lipinski definition) is 2. The van der Waals surface area contributed by atoms with Crippen molar-refractivity contribution in [1.29, 1.82) is 0 Å². The zero-order valence-electron chi connectivity index (χ0n) is 10.8. The fraction of sp³-hybridized carbons (Fsp3) is 0. The minimum absolute atomic E-state index is 0.0276. The number of fused-ring (bicyclic) bond motifs is 2. The molecule has 0 saturated heterocycles. The van der Waals surface area contributed by atoms with Gasteiger partial charge in [0.25, 0.3) is 0 Å². The third-order valence-corrected chi connectivity index (χ3v) is 5.88. The van der Waals surface area contributed by atoms with Gasteiger partial charge in [0.15, 0.2) is 0 Å². The fourth-order valence-corrected chi connectivity index (χ4v) is 4.94. The Hall–Kier alpha value is -1.87. The van der Waals surface area contributed by atoms with E-state index in [9.17, 15) is 4.79 Å². The topological polar surface area (TPSA) is 34.9 Å². The van der Waals surface area contributed by atoms with Gasteiger partial charge in [-0.2, -0.15) is 0 Å². The van der Waals surface area contributed by atoms with Crippen molar-refractivity contribution in [1.82, 2.24) is 8.55 Å². The zero-order valence-corrected chi connectivity index (χ0v) is 13.3. The third kappa shape index (κ3) is 2.04. The van der Waals surface area contributed by atoms with Crippen LogP contribution in [-0.4, -0.2) is 23.3 Å². The Morgan fingerprint density at radius 3 is 2.86 bits per heavy atom. The molecule has 0 amide bonds. The molecule has 0 aliphatic heterocycles. The van der Waals surface area contributed by atoms with Crippen LogP contribution >= 0.6 is 11.6 Å². The number of aromatic nitrogens is 2. The molecule has 4 aromatic rings. The summed E-state index contributed by atoms with van der Waals surface area (Å²) in [4.78, 5) is 17.1. The molecule has 0 N–H and O–H groups in total. The van der Waals surface area contributed by atoms with E-state index in [2.05, 4.69) is 4.98 Å². The molecule has 2 aromatic carbocycles. The first-order valence-electron chi connectivity index (χ1n) is 6.40. The normalized spacial score (nSPS) is 11.3. The van der Waals surface area contributed by atoms with Gasteiger partial charge >= 0.3 is 131 Å². The van der Waals surface area contributed by atoms with Crippen LogP contribution in [0.25, 0.3) is 26.2 Å². The Bertz CT molecular complexity index is 1030. The van der Waals surface area contributed by atoms with Gasteiger partial charge in [-0.1, -0.05) is 0 Å². The van der Waals surface area contributed by atoms with Crippen molar-refractivity contribution in [3.8, 4) is 5.69 Å². The van der Waals surface area contributed by atoms with Gasteiger partial charge in [0.1, 0.15) is 0 Å². The average molecular weight is 360 g/mol. The van der Waals surface area contributed by atoms with Gasteiger partial charge in [-0.05, 0) is 0 Å². The van der Waals surface area contributed by atoms with Crippen LogP contribution in [0.4, 0.5) is 0 Å². The predicted octanol–water partition coefficient (Wildman–Crippen LogP) is 3.25. The minimum atomic E-state index is -0.108. The Kier molecular flexibility index (Phi) is 2.96. The molecule has 0 atom stereocenters. The molecular weight excluding hydrogens is 351 g/mol. The van der Waals surface area contributed by atoms with Gasteiger partial charge in [0, 0.05) is 0 Å². The van der Waals surface area contributed by atoms with Gasteiger partial charge in [0.2, 0.25) is 0 Å². The SMILES string of the molecule is O=c1c2ccc(Cl)cc2[se]n1-c1cccc2cccnc12. The molecule has 5 heteroatoms. The number of pyridine rings is 1. The van der Waals surface area contributed by atoms with Crippen LogP contribution in [0.3, 0.4) is 0 Å². The Labute approximate surface area is 131 Å². The number of halogens is 1. The van der Waals surface area contributed by atoms with E-state index < -0.39 is 0 Å². The molecule has 0 aliphatic carbocycles. The van der Waals surface area contributed by atoms with Crippen molar-refractivity contribution in [2.24, 2.45) is 0 Å². The molecule has 102 valence electrons. The molecule has 0 unspecified atom stereocenters. The molecular formula is C16H9ClN2OSe. The summed E-state index contributed by atoms with van der Waals surface area (Å²) in [6, 6.07) is 15.3. The number of para-hydroxylation sites is 1. The van der Waals surface area contributed by atoms with Crippen LogP contribution in [0.1, 0.15) is 0 Å². The van der Waals surface area contributed by atoms with E-state index in [4.69, 9.17) is 11.6 Å². The van der Waals surface area contributed by atoms with Crippen molar-refractivity contribution in [3.63, 3.8) is 0 Å². The molecule has 2 heterocycles. The number of hydrogen-bond donors (Lipinski definition) is 0. The third-order valence-electron chi connectivity index (χ3n) is 3.38. The van der Waals surface area contributed by atoms with E-state index in [0.717, 1.165) is 26.2 Å². The maximum absolute atomic E-state index is 12.6. The summed E-state index contributed by atoms with van der Waals surface area (Å²) >= 11 is 5.92. The van der Waals surface area contributed by atoms with E-state index in [0.29, 0.717) is 5.02 Å². The Morgan fingerprint density at radius 1 is 1.10 bits per heavy atom. The summed E-state index contributed by atoms with van der Waals surface area (Å²) in [5.41, 5.74) is 1.75. The van der Waals surface area contributed by atoms with E-state index in [1.54, 1.807) is 18.3 Å². The van der Waals surface area contributed by atoms with Crippen LogP contribution in [-0.2, 0) is 0 Å². The van der Waals surface area contributed by atoms with E-state index >= 15 is 0 Å².